The fraction of sp³-hybridized carbons (Fsp3) is 1.00. The minimum absolute atomic E-state index is 0.0365. The zero-order chi connectivity index (χ0) is 10.7. The molecule has 5 nitrogen and oxygen atoms in total. The third-order valence-electron chi connectivity index (χ3n) is 0.697. The highest BCUT2D eigenvalue weighted by atomic mass is 17.4. The van der Waals surface area contributed by atoms with Gasteiger partial charge in [-0.15, -0.1) is 4.99 Å². The smallest absolute Gasteiger partial charge is 0.0972 e. The predicted molar refractivity (Wildman–Crippen MR) is 48.0 cm³/mol. The van der Waals surface area contributed by atoms with Crippen molar-refractivity contribution in [1.82, 2.24) is 5.39 Å². The highest BCUT2D eigenvalue weighted by Crippen LogP contribution is 2.13. The first-order chi connectivity index (χ1) is 5.60. The van der Waals surface area contributed by atoms with Crippen molar-refractivity contribution in [2.24, 2.45) is 0 Å². The van der Waals surface area contributed by atoms with Gasteiger partial charge >= 0.3 is 0 Å². The largest absolute Gasteiger partial charge is 0.736 e. The van der Waals surface area contributed by atoms with Crippen LogP contribution in [-0.4, -0.2) is 16.6 Å². The Morgan fingerprint density at radius 2 is 1.38 bits per heavy atom. The molecule has 0 aromatic heterocycles. The maximum atomic E-state index is 10.9. The third kappa shape index (κ3) is 9.72. The summed E-state index contributed by atoms with van der Waals surface area (Å²) in [4.78, 5) is 13.8. The molecule has 0 radical (unpaired) electrons. The van der Waals surface area contributed by atoms with E-state index in [0.29, 0.717) is 0 Å². The van der Waals surface area contributed by atoms with Gasteiger partial charge in [0.2, 0.25) is 0 Å². The van der Waals surface area contributed by atoms with Crippen LogP contribution in [0.15, 0.2) is 0 Å². The Balaban J connectivity index is 3.70. The van der Waals surface area contributed by atoms with E-state index in [2.05, 4.69) is 4.99 Å². The van der Waals surface area contributed by atoms with Crippen LogP contribution < -0.4 is 0 Å². The van der Waals surface area contributed by atoms with Crippen LogP contribution in [0, 0.1) is 5.21 Å². The van der Waals surface area contributed by atoms with Crippen LogP contribution in [0.4, 0.5) is 0 Å². The van der Waals surface area contributed by atoms with Gasteiger partial charge in [-0.1, -0.05) is 5.39 Å². The van der Waals surface area contributed by atoms with Gasteiger partial charge in [-0.25, -0.2) is 4.89 Å². The molecule has 0 unspecified atom stereocenters. The van der Waals surface area contributed by atoms with Crippen molar-refractivity contribution < 1.29 is 14.7 Å². The number of nitrogens with zero attached hydrogens (tertiary/aromatic N) is 1. The first kappa shape index (κ1) is 12.8. The van der Waals surface area contributed by atoms with Crippen LogP contribution in [0.2, 0.25) is 0 Å². The molecule has 0 bridgehead atoms. The molecule has 0 fully saturated rings. The van der Waals surface area contributed by atoms with Crippen LogP contribution in [-0.2, 0) is 14.7 Å². The fourth-order valence-electron chi connectivity index (χ4n) is 0.381. The zero-order valence-electron chi connectivity index (χ0n) is 9.08. The molecule has 0 spiro atoms. The summed E-state index contributed by atoms with van der Waals surface area (Å²) in [6.07, 6.45) is 0. The molecule has 0 atom stereocenters. The molecular weight excluding hydrogens is 174 g/mol. The Morgan fingerprint density at radius 3 is 1.69 bits per heavy atom. The van der Waals surface area contributed by atoms with Crippen molar-refractivity contribution in [1.29, 1.82) is 0 Å². The lowest BCUT2D eigenvalue weighted by atomic mass is 10.2. The van der Waals surface area contributed by atoms with E-state index in [-0.39, 0.29) is 5.39 Å². The van der Waals surface area contributed by atoms with E-state index in [4.69, 9.17) is 9.73 Å². The van der Waals surface area contributed by atoms with Gasteiger partial charge in [0, 0.05) is 0 Å². The molecule has 0 heterocycles. The molecule has 0 aromatic carbocycles. The van der Waals surface area contributed by atoms with Gasteiger partial charge in [0.25, 0.3) is 0 Å². The summed E-state index contributed by atoms with van der Waals surface area (Å²) in [6.45, 7) is 10.5. The van der Waals surface area contributed by atoms with Gasteiger partial charge in [-0.3, -0.25) is 4.84 Å². The second-order valence-corrected chi connectivity index (χ2v) is 4.70. The summed E-state index contributed by atoms with van der Waals surface area (Å²) in [5.74, 6) is 0. The monoisotopic (exact) mass is 192 g/mol. The quantitative estimate of drug-likeness (QED) is 0.506. The number of rotatable bonds is 3. The molecule has 0 amide bonds. The Labute approximate surface area is 79.0 Å². The van der Waals surface area contributed by atoms with Crippen LogP contribution in [0.1, 0.15) is 41.5 Å². The summed E-state index contributed by atoms with van der Waals surface area (Å²) >= 11 is 0. The zero-order valence-corrected chi connectivity index (χ0v) is 9.08. The lowest BCUT2D eigenvalue weighted by molar-refractivity contribution is -0.538. The van der Waals surface area contributed by atoms with Gasteiger partial charge < -0.3 is 5.21 Å². The van der Waals surface area contributed by atoms with Crippen molar-refractivity contribution in [2.45, 2.75) is 52.7 Å². The maximum Gasteiger partial charge on any atom is 0.0972 e. The average Bonchev–Trinajstić information content (AvgIpc) is 1.78. The first-order valence-corrected chi connectivity index (χ1v) is 4.12. The van der Waals surface area contributed by atoms with Crippen LogP contribution in [0.3, 0.4) is 0 Å². The molecule has 80 valence electrons. The van der Waals surface area contributed by atoms with E-state index in [1.807, 2.05) is 0 Å². The van der Waals surface area contributed by atoms with Crippen molar-refractivity contribution >= 4 is 0 Å². The van der Waals surface area contributed by atoms with E-state index in [9.17, 15) is 5.21 Å². The summed E-state index contributed by atoms with van der Waals surface area (Å²) in [5.41, 5.74) is -1.13. The predicted octanol–water partition coefficient (Wildman–Crippen LogP) is 2.18. The van der Waals surface area contributed by atoms with Gasteiger partial charge in [-0.2, -0.15) is 0 Å². The first-order valence-electron chi connectivity index (χ1n) is 4.12. The van der Waals surface area contributed by atoms with Gasteiger partial charge in [0.15, 0.2) is 0 Å². The number of hydrogen-bond donors (Lipinski definition) is 0. The van der Waals surface area contributed by atoms with Crippen molar-refractivity contribution in [3.63, 3.8) is 0 Å². The van der Waals surface area contributed by atoms with E-state index in [1.165, 1.54) is 0 Å². The molecule has 0 saturated carbocycles. The van der Waals surface area contributed by atoms with Gasteiger partial charge in [0.1, 0.15) is 0 Å². The summed E-state index contributed by atoms with van der Waals surface area (Å²) in [5, 5.41) is 10.8. The summed E-state index contributed by atoms with van der Waals surface area (Å²) in [7, 11) is 0. The van der Waals surface area contributed by atoms with E-state index in [0.717, 1.165) is 0 Å². The van der Waals surface area contributed by atoms with E-state index < -0.39 is 11.2 Å². The molecule has 5 heteroatoms. The minimum Gasteiger partial charge on any atom is -0.736 e. The molecule has 0 aromatic rings. The van der Waals surface area contributed by atoms with Crippen molar-refractivity contribution in [3.05, 3.63) is 5.21 Å². The summed E-state index contributed by atoms with van der Waals surface area (Å²) < 4.78 is 0. The Kier molecular flexibility index (Phi) is 4.28. The normalized spacial score (nSPS) is 13.8. The topological polar surface area (TPSA) is 54.0 Å². The molecule has 0 rings (SSSR count). The molecule has 13 heavy (non-hydrogen) atoms. The molecular formula is C8H18NO4-. The molecule has 0 saturated heterocycles. The Morgan fingerprint density at radius 1 is 0.923 bits per heavy atom. The average molecular weight is 192 g/mol. The highest BCUT2D eigenvalue weighted by Gasteiger charge is 2.16. The van der Waals surface area contributed by atoms with Crippen LogP contribution in [0.5, 0.6) is 0 Å². The van der Waals surface area contributed by atoms with Gasteiger partial charge in [-0.05, 0) is 41.5 Å². The van der Waals surface area contributed by atoms with Crippen LogP contribution >= 0.6 is 0 Å². The van der Waals surface area contributed by atoms with Crippen molar-refractivity contribution in [3.8, 4) is 0 Å². The molecule has 0 aliphatic heterocycles. The highest BCUT2D eigenvalue weighted by molar-refractivity contribution is 4.56. The van der Waals surface area contributed by atoms with Crippen molar-refractivity contribution in [2.75, 3.05) is 0 Å². The minimum atomic E-state index is -0.594. The number of hydrogen-bond acceptors (Lipinski definition) is 5. The van der Waals surface area contributed by atoms with E-state index >= 15 is 0 Å². The molecule has 0 aliphatic rings. The SMILES string of the molecule is CC(C)(C)OON([O-])OC(C)(C)C. The lowest BCUT2D eigenvalue weighted by Crippen LogP contribution is -2.33. The second kappa shape index (κ2) is 4.34. The molecule has 0 N–H and O–H groups in total. The summed E-state index contributed by atoms with van der Waals surface area (Å²) in [6, 6.07) is 0. The standard InChI is InChI=1S/C8H18NO4/c1-7(2,3)11-9(10)13-12-8(4,5)6/h1-6H3/q-1. The molecule has 0 aliphatic carbocycles. The maximum absolute atomic E-state index is 10.9. The van der Waals surface area contributed by atoms with Crippen LogP contribution in [0.25, 0.3) is 0 Å². The lowest BCUT2D eigenvalue weighted by Gasteiger charge is -2.33. The Bertz CT molecular complexity index is 147. The fourth-order valence-corrected chi connectivity index (χ4v) is 0.381. The Hall–Kier alpha value is -0.200. The third-order valence-corrected chi connectivity index (χ3v) is 0.697. The second-order valence-electron chi connectivity index (χ2n) is 4.70. The van der Waals surface area contributed by atoms with Gasteiger partial charge in [0.05, 0.1) is 11.2 Å². The van der Waals surface area contributed by atoms with E-state index in [1.54, 1.807) is 41.5 Å².